The smallest absolute Gasteiger partial charge is 0.306 e. The molecule has 120 valence electrons. The Morgan fingerprint density at radius 3 is 2.78 bits per heavy atom. The Hall–Kier alpha value is -2.77. The molecule has 0 bridgehead atoms. The van der Waals surface area contributed by atoms with Crippen LogP contribution < -0.4 is 0 Å². The summed E-state index contributed by atoms with van der Waals surface area (Å²) < 4.78 is 1.78. The molecule has 1 aliphatic rings. The second-order valence-corrected chi connectivity index (χ2v) is 5.90. The topological polar surface area (TPSA) is 111 Å². The summed E-state index contributed by atoms with van der Waals surface area (Å²) in [6, 6.07) is 6.44. The molecule has 0 saturated heterocycles. The van der Waals surface area contributed by atoms with Gasteiger partial charge in [0.05, 0.1) is 10.8 Å². The summed E-state index contributed by atoms with van der Waals surface area (Å²) in [5, 5.41) is 28.1. The van der Waals surface area contributed by atoms with E-state index in [2.05, 4.69) is 10.2 Å². The molecule has 8 heteroatoms. The maximum absolute atomic E-state index is 11.1. The molecular weight excluding hydrogens is 300 g/mol. The summed E-state index contributed by atoms with van der Waals surface area (Å²) in [7, 11) is 1.81. The van der Waals surface area contributed by atoms with Crippen LogP contribution in [-0.2, 0) is 11.8 Å². The van der Waals surface area contributed by atoms with Crippen molar-refractivity contribution in [3.63, 3.8) is 0 Å². The fourth-order valence-corrected chi connectivity index (χ4v) is 3.17. The predicted octanol–water partition coefficient (Wildman–Crippen LogP) is 1.97. The Balaban J connectivity index is 1.96. The molecule has 1 fully saturated rings. The lowest BCUT2D eigenvalue weighted by Gasteiger charge is -2.37. The standard InChI is InChI=1S/C15H16N4O4/c1-18-8-16-17-14(18)13(10-5-11(6-10)15(20)21)9-3-2-4-12(7-9)19(22)23/h2-4,7-8,10-11,13H,5-6H2,1H3,(H,20,21). The number of carboxylic acid groups (broad SMARTS) is 1. The molecule has 1 heterocycles. The molecule has 1 unspecified atom stereocenters. The van der Waals surface area contributed by atoms with Gasteiger partial charge in [0.1, 0.15) is 12.2 Å². The second kappa shape index (κ2) is 5.79. The average Bonchev–Trinajstić information content (AvgIpc) is 2.87. The van der Waals surface area contributed by atoms with Crippen molar-refractivity contribution in [3.05, 3.63) is 52.1 Å². The fourth-order valence-electron chi connectivity index (χ4n) is 3.17. The normalized spacial score (nSPS) is 21.4. The number of nitro benzene ring substituents is 1. The van der Waals surface area contributed by atoms with Gasteiger partial charge in [-0.15, -0.1) is 10.2 Å². The number of aryl methyl sites for hydroxylation is 1. The minimum Gasteiger partial charge on any atom is -0.481 e. The summed E-state index contributed by atoms with van der Waals surface area (Å²) in [5.74, 6) is -0.565. The van der Waals surface area contributed by atoms with Gasteiger partial charge in [0.15, 0.2) is 0 Å². The molecule has 0 aliphatic heterocycles. The van der Waals surface area contributed by atoms with E-state index in [4.69, 9.17) is 5.11 Å². The highest BCUT2D eigenvalue weighted by atomic mass is 16.6. The first-order chi connectivity index (χ1) is 11.0. The molecule has 8 nitrogen and oxygen atoms in total. The third-order valence-electron chi connectivity index (χ3n) is 4.46. The first-order valence-corrected chi connectivity index (χ1v) is 7.28. The lowest BCUT2D eigenvalue weighted by atomic mass is 9.66. The molecule has 1 N–H and O–H groups in total. The highest BCUT2D eigenvalue weighted by Crippen LogP contribution is 2.46. The van der Waals surface area contributed by atoms with Gasteiger partial charge >= 0.3 is 5.97 Å². The van der Waals surface area contributed by atoms with Crippen LogP contribution in [0.4, 0.5) is 5.69 Å². The zero-order chi connectivity index (χ0) is 16.6. The monoisotopic (exact) mass is 316 g/mol. The van der Waals surface area contributed by atoms with Crippen LogP contribution in [-0.4, -0.2) is 30.8 Å². The van der Waals surface area contributed by atoms with E-state index >= 15 is 0 Å². The number of benzene rings is 1. The quantitative estimate of drug-likeness (QED) is 0.666. The van der Waals surface area contributed by atoms with E-state index in [1.165, 1.54) is 12.1 Å². The van der Waals surface area contributed by atoms with Gasteiger partial charge in [-0.05, 0) is 24.3 Å². The summed E-state index contributed by atoms with van der Waals surface area (Å²) in [4.78, 5) is 21.6. The van der Waals surface area contributed by atoms with E-state index < -0.39 is 10.9 Å². The van der Waals surface area contributed by atoms with Crippen molar-refractivity contribution in [2.24, 2.45) is 18.9 Å². The first kappa shape index (κ1) is 15.1. The van der Waals surface area contributed by atoms with Crippen molar-refractivity contribution in [1.29, 1.82) is 0 Å². The number of carboxylic acids is 1. The lowest BCUT2D eigenvalue weighted by Crippen LogP contribution is -2.35. The Labute approximate surface area is 131 Å². The largest absolute Gasteiger partial charge is 0.481 e. The van der Waals surface area contributed by atoms with Gasteiger partial charge in [0.25, 0.3) is 5.69 Å². The van der Waals surface area contributed by atoms with Crippen LogP contribution in [0.15, 0.2) is 30.6 Å². The van der Waals surface area contributed by atoms with Crippen molar-refractivity contribution < 1.29 is 14.8 Å². The van der Waals surface area contributed by atoms with Gasteiger partial charge < -0.3 is 9.67 Å². The lowest BCUT2D eigenvalue weighted by molar-refractivity contribution is -0.384. The number of aliphatic carboxylic acids is 1. The van der Waals surface area contributed by atoms with Crippen molar-refractivity contribution >= 4 is 11.7 Å². The van der Waals surface area contributed by atoms with Crippen LogP contribution in [0.2, 0.25) is 0 Å². The Morgan fingerprint density at radius 1 is 1.48 bits per heavy atom. The Kier molecular flexibility index (Phi) is 3.81. The van der Waals surface area contributed by atoms with E-state index in [1.54, 1.807) is 17.0 Å². The minimum absolute atomic E-state index is 0.0174. The zero-order valence-electron chi connectivity index (χ0n) is 12.5. The highest BCUT2D eigenvalue weighted by molar-refractivity contribution is 5.71. The van der Waals surface area contributed by atoms with Crippen LogP contribution in [0.25, 0.3) is 0 Å². The molecule has 1 saturated carbocycles. The number of hydrogen-bond donors (Lipinski definition) is 1. The van der Waals surface area contributed by atoms with E-state index in [-0.39, 0.29) is 23.4 Å². The summed E-state index contributed by atoms with van der Waals surface area (Å²) in [6.07, 6.45) is 2.65. The van der Waals surface area contributed by atoms with Gasteiger partial charge in [-0.2, -0.15) is 0 Å². The Morgan fingerprint density at radius 2 is 2.22 bits per heavy atom. The molecule has 1 atom stereocenters. The fraction of sp³-hybridized carbons (Fsp3) is 0.400. The molecule has 3 rings (SSSR count). The maximum atomic E-state index is 11.1. The van der Waals surface area contributed by atoms with Crippen molar-refractivity contribution in [2.45, 2.75) is 18.8 Å². The van der Waals surface area contributed by atoms with Crippen LogP contribution in [0.5, 0.6) is 0 Å². The second-order valence-electron chi connectivity index (χ2n) is 5.90. The van der Waals surface area contributed by atoms with Crippen molar-refractivity contribution in [2.75, 3.05) is 0 Å². The van der Waals surface area contributed by atoms with Crippen LogP contribution >= 0.6 is 0 Å². The highest BCUT2D eigenvalue weighted by Gasteiger charge is 2.42. The molecule has 2 aromatic rings. The number of hydrogen-bond acceptors (Lipinski definition) is 5. The summed E-state index contributed by atoms with van der Waals surface area (Å²) in [6.45, 7) is 0. The molecule has 1 aromatic heterocycles. The molecule has 1 aliphatic carbocycles. The van der Waals surface area contributed by atoms with Crippen molar-refractivity contribution in [3.8, 4) is 0 Å². The number of non-ortho nitro benzene ring substituents is 1. The average molecular weight is 316 g/mol. The van der Waals surface area contributed by atoms with Crippen LogP contribution in [0, 0.1) is 22.0 Å². The first-order valence-electron chi connectivity index (χ1n) is 7.28. The van der Waals surface area contributed by atoms with E-state index in [0.29, 0.717) is 18.7 Å². The van der Waals surface area contributed by atoms with Gasteiger partial charge in [-0.1, -0.05) is 12.1 Å². The molecule has 1 aromatic carbocycles. The molecule has 0 radical (unpaired) electrons. The van der Waals surface area contributed by atoms with E-state index in [1.807, 2.05) is 13.1 Å². The number of nitro groups is 1. The molecule has 0 amide bonds. The number of nitrogens with zero attached hydrogens (tertiary/aromatic N) is 4. The molecule has 23 heavy (non-hydrogen) atoms. The van der Waals surface area contributed by atoms with E-state index in [0.717, 1.165) is 5.56 Å². The SMILES string of the molecule is Cn1cnnc1C(c1cccc([N+](=O)[O-])c1)C1CC(C(=O)O)C1. The Bertz CT molecular complexity index is 751. The third kappa shape index (κ3) is 2.79. The summed E-state index contributed by atoms with van der Waals surface area (Å²) in [5.41, 5.74) is 0.785. The number of carbonyl (C=O) groups is 1. The van der Waals surface area contributed by atoms with Crippen molar-refractivity contribution in [1.82, 2.24) is 14.8 Å². The van der Waals surface area contributed by atoms with Crippen LogP contribution in [0.3, 0.4) is 0 Å². The third-order valence-corrected chi connectivity index (χ3v) is 4.46. The molecular formula is C15H16N4O4. The maximum Gasteiger partial charge on any atom is 0.306 e. The minimum atomic E-state index is -0.794. The van der Waals surface area contributed by atoms with Gasteiger partial charge in [0, 0.05) is 25.1 Å². The summed E-state index contributed by atoms with van der Waals surface area (Å²) >= 11 is 0. The zero-order valence-corrected chi connectivity index (χ0v) is 12.5. The number of rotatable bonds is 5. The van der Waals surface area contributed by atoms with Crippen LogP contribution in [0.1, 0.15) is 30.1 Å². The van der Waals surface area contributed by atoms with E-state index in [9.17, 15) is 14.9 Å². The number of aromatic nitrogens is 3. The van der Waals surface area contributed by atoms with Gasteiger partial charge in [0.2, 0.25) is 0 Å². The van der Waals surface area contributed by atoms with Gasteiger partial charge in [-0.25, -0.2) is 0 Å². The molecule has 0 spiro atoms. The van der Waals surface area contributed by atoms with Gasteiger partial charge in [-0.3, -0.25) is 14.9 Å². The predicted molar refractivity (Wildman–Crippen MR) is 79.8 cm³/mol.